The largest absolute Gasteiger partial charge is 0.365 e. The van der Waals surface area contributed by atoms with Crippen molar-refractivity contribution < 1.29 is 8.42 Å². The number of hydrogen-bond donors (Lipinski definition) is 1. The number of anilines is 1. The number of piperidine rings is 1. The van der Waals surface area contributed by atoms with Gasteiger partial charge in [-0.05, 0) is 50.5 Å². The van der Waals surface area contributed by atoms with Crippen LogP contribution in [0.25, 0.3) is 0 Å². The molecule has 2 N–H and O–H groups in total. The summed E-state index contributed by atoms with van der Waals surface area (Å²) >= 11 is 0. The second-order valence-corrected chi connectivity index (χ2v) is 8.01. The Bertz CT molecular complexity index is 569. The van der Waals surface area contributed by atoms with E-state index in [2.05, 4.69) is 11.8 Å². The summed E-state index contributed by atoms with van der Waals surface area (Å²) < 4.78 is 25.4. The fraction of sp³-hybridized carbons (Fsp3) is 0.600. The molecular weight excluding hydrogens is 286 g/mol. The second kappa shape index (κ2) is 6.34. The average Bonchev–Trinajstić information content (AvgIpc) is 2.47. The van der Waals surface area contributed by atoms with Crippen molar-refractivity contribution >= 4 is 15.7 Å². The molecule has 0 aromatic heterocycles. The van der Waals surface area contributed by atoms with Crippen LogP contribution in [0.1, 0.15) is 26.2 Å². The topological polar surface area (TPSA) is 66.6 Å². The van der Waals surface area contributed by atoms with Crippen molar-refractivity contribution in [2.75, 3.05) is 25.5 Å². The van der Waals surface area contributed by atoms with Gasteiger partial charge in [-0.1, -0.05) is 0 Å². The van der Waals surface area contributed by atoms with E-state index < -0.39 is 10.0 Å². The molecule has 0 saturated carbocycles. The van der Waals surface area contributed by atoms with Crippen LogP contribution in [0.4, 0.5) is 5.69 Å². The normalized spacial score (nSPS) is 23.6. The Morgan fingerprint density at radius 2 is 1.86 bits per heavy atom. The van der Waals surface area contributed by atoms with E-state index in [1.807, 2.05) is 12.1 Å². The maximum absolute atomic E-state index is 12.1. The molecule has 1 fully saturated rings. The average molecular weight is 311 g/mol. The first kappa shape index (κ1) is 16.3. The number of sulfonamides is 1. The first-order valence-electron chi connectivity index (χ1n) is 7.39. The molecule has 0 spiro atoms. The SMILES string of the molecule is CC1CCCC(CN)N1c1ccc(S(=O)(=O)N(C)C)cc1. The van der Waals surface area contributed by atoms with Crippen molar-refractivity contribution in [3.8, 4) is 0 Å². The van der Waals surface area contributed by atoms with Gasteiger partial charge in [0.1, 0.15) is 0 Å². The van der Waals surface area contributed by atoms with Gasteiger partial charge in [-0.25, -0.2) is 12.7 Å². The number of hydrogen-bond acceptors (Lipinski definition) is 4. The van der Waals surface area contributed by atoms with Crippen LogP contribution in [0.3, 0.4) is 0 Å². The summed E-state index contributed by atoms with van der Waals surface area (Å²) in [4.78, 5) is 2.65. The molecule has 2 unspecified atom stereocenters. The van der Waals surface area contributed by atoms with Crippen LogP contribution in [0.2, 0.25) is 0 Å². The lowest BCUT2D eigenvalue weighted by Crippen LogP contribution is -2.49. The van der Waals surface area contributed by atoms with Crippen LogP contribution in [-0.2, 0) is 10.0 Å². The van der Waals surface area contributed by atoms with E-state index in [0.29, 0.717) is 23.5 Å². The fourth-order valence-electron chi connectivity index (χ4n) is 2.98. The molecule has 21 heavy (non-hydrogen) atoms. The van der Waals surface area contributed by atoms with E-state index >= 15 is 0 Å². The van der Waals surface area contributed by atoms with Gasteiger partial charge in [0.2, 0.25) is 10.0 Å². The molecule has 6 heteroatoms. The molecule has 1 aliphatic heterocycles. The highest BCUT2D eigenvalue weighted by Gasteiger charge is 2.27. The van der Waals surface area contributed by atoms with Crippen LogP contribution >= 0.6 is 0 Å². The molecule has 2 atom stereocenters. The Morgan fingerprint density at radius 1 is 1.24 bits per heavy atom. The Kier molecular flexibility index (Phi) is 4.91. The molecule has 1 aliphatic rings. The van der Waals surface area contributed by atoms with Gasteiger partial charge >= 0.3 is 0 Å². The minimum Gasteiger partial charge on any atom is -0.365 e. The number of benzene rings is 1. The highest BCUT2D eigenvalue weighted by atomic mass is 32.2. The quantitative estimate of drug-likeness (QED) is 0.918. The van der Waals surface area contributed by atoms with Crippen molar-refractivity contribution in [2.45, 2.75) is 43.2 Å². The molecule has 5 nitrogen and oxygen atoms in total. The zero-order valence-corrected chi connectivity index (χ0v) is 13.8. The lowest BCUT2D eigenvalue weighted by Gasteiger charge is -2.42. The molecule has 1 saturated heterocycles. The lowest BCUT2D eigenvalue weighted by atomic mass is 9.95. The minimum absolute atomic E-state index is 0.324. The summed E-state index contributed by atoms with van der Waals surface area (Å²) in [6, 6.07) is 7.91. The van der Waals surface area contributed by atoms with Crippen LogP contribution < -0.4 is 10.6 Å². The highest BCUT2D eigenvalue weighted by Crippen LogP contribution is 2.29. The summed E-state index contributed by atoms with van der Waals surface area (Å²) in [6.45, 7) is 2.83. The Labute approximate surface area is 127 Å². The van der Waals surface area contributed by atoms with Gasteiger partial charge in [-0.2, -0.15) is 0 Å². The molecule has 118 valence electrons. The third-order valence-electron chi connectivity index (χ3n) is 4.21. The smallest absolute Gasteiger partial charge is 0.242 e. The molecule has 0 amide bonds. The van der Waals surface area contributed by atoms with E-state index in [-0.39, 0.29) is 0 Å². The van der Waals surface area contributed by atoms with E-state index in [1.165, 1.54) is 10.7 Å². The minimum atomic E-state index is -3.37. The summed E-state index contributed by atoms with van der Waals surface area (Å²) in [6.07, 6.45) is 3.44. The Hall–Kier alpha value is -1.11. The molecule has 1 aromatic carbocycles. The Balaban J connectivity index is 2.30. The van der Waals surface area contributed by atoms with Gasteiger partial charge in [0.05, 0.1) is 4.90 Å². The van der Waals surface area contributed by atoms with Gasteiger partial charge in [-0.15, -0.1) is 0 Å². The summed E-state index contributed by atoms with van der Waals surface area (Å²) in [5, 5.41) is 0. The van der Waals surface area contributed by atoms with Gasteiger partial charge in [0, 0.05) is 38.4 Å². The van der Waals surface area contributed by atoms with Crippen LogP contribution in [-0.4, -0.2) is 45.4 Å². The van der Waals surface area contributed by atoms with E-state index in [4.69, 9.17) is 5.73 Å². The van der Waals surface area contributed by atoms with Crippen molar-refractivity contribution in [1.29, 1.82) is 0 Å². The van der Waals surface area contributed by atoms with Gasteiger partial charge in [-0.3, -0.25) is 0 Å². The molecule has 0 radical (unpaired) electrons. The molecular formula is C15H25N3O2S. The van der Waals surface area contributed by atoms with Crippen molar-refractivity contribution in [3.63, 3.8) is 0 Å². The van der Waals surface area contributed by atoms with Gasteiger partial charge < -0.3 is 10.6 Å². The zero-order valence-electron chi connectivity index (χ0n) is 13.0. The van der Waals surface area contributed by atoms with E-state index in [1.54, 1.807) is 26.2 Å². The maximum Gasteiger partial charge on any atom is 0.242 e. The summed E-state index contributed by atoms with van der Waals surface area (Å²) in [5.41, 5.74) is 6.94. The molecule has 0 bridgehead atoms. The third-order valence-corrected chi connectivity index (χ3v) is 6.04. The van der Waals surface area contributed by atoms with Gasteiger partial charge in [0.25, 0.3) is 0 Å². The fourth-order valence-corrected chi connectivity index (χ4v) is 3.89. The zero-order chi connectivity index (χ0) is 15.6. The standard InChI is InChI=1S/C15H25N3O2S/c1-12-5-4-6-14(11-16)18(12)13-7-9-15(10-8-13)21(19,20)17(2)3/h7-10,12,14H,4-6,11,16H2,1-3H3. The number of nitrogens with zero attached hydrogens (tertiary/aromatic N) is 2. The molecule has 2 rings (SSSR count). The van der Waals surface area contributed by atoms with Crippen LogP contribution in [0.15, 0.2) is 29.2 Å². The Morgan fingerprint density at radius 3 is 2.38 bits per heavy atom. The molecule has 1 aromatic rings. The third kappa shape index (κ3) is 3.22. The molecule has 1 heterocycles. The summed E-state index contributed by atoms with van der Waals surface area (Å²) in [7, 11) is -0.283. The van der Waals surface area contributed by atoms with Crippen molar-refractivity contribution in [2.24, 2.45) is 5.73 Å². The second-order valence-electron chi connectivity index (χ2n) is 5.86. The first-order chi connectivity index (χ1) is 9.87. The van der Waals surface area contributed by atoms with Crippen LogP contribution in [0.5, 0.6) is 0 Å². The first-order valence-corrected chi connectivity index (χ1v) is 8.83. The van der Waals surface area contributed by atoms with Gasteiger partial charge in [0.15, 0.2) is 0 Å². The van der Waals surface area contributed by atoms with Crippen LogP contribution in [0, 0.1) is 0 Å². The predicted molar refractivity (Wildman–Crippen MR) is 85.9 cm³/mol. The maximum atomic E-state index is 12.1. The van der Waals surface area contributed by atoms with Crippen molar-refractivity contribution in [3.05, 3.63) is 24.3 Å². The molecule has 0 aliphatic carbocycles. The highest BCUT2D eigenvalue weighted by molar-refractivity contribution is 7.89. The predicted octanol–water partition coefficient (Wildman–Crippen LogP) is 1.64. The van der Waals surface area contributed by atoms with Crippen molar-refractivity contribution in [1.82, 2.24) is 4.31 Å². The number of rotatable bonds is 4. The van der Waals surface area contributed by atoms with E-state index in [9.17, 15) is 8.42 Å². The number of nitrogens with two attached hydrogens (primary N) is 1. The summed E-state index contributed by atoms with van der Waals surface area (Å²) in [5.74, 6) is 0. The van der Waals surface area contributed by atoms with E-state index in [0.717, 1.165) is 18.5 Å². The lowest BCUT2D eigenvalue weighted by molar-refractivity contribution is 0.401. The monoisotopic (exact) mass is 311 g/mol.